The highest BCUT2D eigenvalue weighted by Gasteiger charge is 2.51. The third-order valence-corrected chi connectivity index (χ3v) is 5.56. The number of nitrogens with zero attached hydrogens (tertiary/aromatic N) is 2. The summed E-state index contributed by atoms with van der Waals surface area (Å²) in [6.45, 7) is 3.71. The number of carbonyl (C=O) groups excluding carboxylic acids is 3. The standard InChI is InChI=1S/C23H23N3O9/c1-12(2)13-3-5-14(6-4-13)22(29)32-11-15-19-20(35-18(28)8-7-17(27)34-19)21(33-15)26-10-9-16(25-31)24-23(26)30/h3-10,12,15,19-21,31H,11H2,1-2H3,(H,24,25,30)/b8-7-/t15-,19?,20-,21-/m1/s1. The zero-order valence-corrected chi connectivity index (χ0v) is 18.8. The predicted molar refractivity (Wildman–Crippen MR) is 118 cm³/mol. The minimum absolute atomic E-state index is 0.112. The number of fused-ring (bicyclic) bond motifs is 1. The number of esters is 3. The van der Waals surface area contributed by atoms with Gasteiger partial charge in [0, 0.05) is 18.3 Å². The van der Waals surface area contributed by atoms with Gasteiger partial charge in [0.25, 0.3) is 0 Å². The Morgan fingerprint density at radius 1 is 1.09 bits per heavy atom. The number of ether oxygens (including phenoxy) is 4. The van der Waals surface area contributed by atoms with Crippen LogP contribution in [-0.4, -0.2) is 57.6 Å². The molecule has 1 unspecified atom stereocenters. The minimum atomic E-state index is -1.25. The summed E-state index contributed by atoms with van der Waals surface area (Å²) >= 11 is 0. The summed E-state index contributed by atoms with van der Waals surface area (Å²) in [7, 11) is 0. The van der Waals surface area contributed by atoms with Crippen molar-refractivity contribution in [1.82, 2.24) is 9.55 Å². The van der Waals surface area contributed by atoms with Gasteiger partial charge in [-0.15, -0.1) is 0 Å². The average Bonchev–Trinajstić information content (AvgIpc) is 3.15. The molecule has 2 aliphatic rings. The number of aromatic nitrogens is 2. The lowest BCUT2D eigenvalue weighted by Crippen LogP contribution is -2.43. The molecule has 0 aliphatic carbocycles. The van der Waals surface area contributed by atoms with Crippen LogP contribution < -0.4 is 11.2 Å². The van der Waals surface area contributed by atoms with Crippen molar-refractivity contribution in [1.29, 1.82) is 0 Å². The first-order chi connectivity index (χ1) is 16.8. The number of hydrogen-bond acceptors (Lipinski definition) is 11. The van der Waals surface area contributed by atoms with Crippen LogP contribution >= 0.6 is 0 Å². The van der Waals surface area contributed by atoms with Crippen molar-refractivity contribution in [3.8, 4) is 0 Å². The van der Waals surface area contributed by atoms with Crippen LogP contribution in [0.3, 0.4) is 0 Å². The highest BCUT2D eigenvalue weighted by molar-refractivity contribution is 5.92. The molecule has 2 N–H and O–H groups in total. The second-order valence-electron chi connectivity index (χ2n) is 8.19. The summed E-state index contributed by atoms with van der Waals surface area (Å²) in [5.74, 6) is -2.12. The van der Waals surface area contributed by atoms with Crippen LogP contribution in [0.1, 0.15) is 41.9 Å². The summed E-state index contributed by atoms with van der Waals surface area (Å²) in [4.78, 5) is 52.9. The first-order valence-corrected chi connectivity index (χ1v) is 10.8. The van der Waals surface area contributed by atoms with Crippen molar-refractivity contribution in [2.45, 2.75) is 44.3 Å². The van der Waals surface area contributed by atoms with Crippen molar-refractivity contribution in [3.05, 3.63) is 70.3 Å². The highest BCUT2D eigenvalue weighted by Crippen LogP contribution is 2.34. The SMILES string of the molecule is CC(C)c1ccc(C(=O)OC[C@H]2O[C@@H](n3ccc(NO)nc3=O)[C@@H]3OC(=O)/C=C\C(=O)OC32)cc1. The van der Waals surface area contributed by atoms with E-state index in [0.717, 1.165) is 22.3 Å². The van der Waals surface area contributed by atoms with Crippen molar-refractivity contribution in [2.75, 3.05) is 12.1 Å². The smallest absolute Gasteiger partial charge is 0.351 e. The third-order valence-electron chi connectivity index (χ3n) is 5.56. The fourth-order valence-corrected chi connectivity index (χ4v) is 3.73. The molecule has 1 fully saturated rings. The molecule has 12 nitrogen and oxygen atoms in total. The maximum Gasteiger partial charge on any atom is 0.351 e. The van der Waals surface area contributed by atoms with Crippen LogP contribution in [0.2, 0.25) is 0 Å². The lowest BCUT2D eigenvalue weighted by atomic mass is 10.0. The topological polar surface area (TPSA) is 155 Å². The molecule has 1 aromatic heterocycles. The van der Waals surface area contributed by atoms with Crippen molar-refractivity contribution < 1.29 is 38.5 Å². The zero-order valence-electron chi connectivity index (χ0n) is 18.8. The minimum Gasteiger partial charge on any atom is -0.459 e. The molecule has 184 valence electrons. The Hall–Kier alpha value is -4.03. The fourth-order valence-electron chi connectivity index (χ4n) is 3.73. The molecule has 12 heteroatoms. The van der Waals surface area contributed by atoms with E-state index in [1.165, 1.54) is 12.3 Å². The number of nitrogens with one attached hydrogen (secondary N) is 1. The third kappa shape index (κ3) is 5.23. The van der Waals surface area contributed by atoms with Gasteiger partial charge in [-0.05, 0) is 29.7 Å². The zero-order chi connectivity index (χ0) is 25.1. The van der Waals surface area contributed by atoms with Crippen LogP contribution in [-0.2, 0) is 28.5 Å². The van der Waals surface area contributed by atoms with E-state index in [2.05, 4.69) is 4.98 Å². The van der Waals surface area contributed by atoms with Gasteiger partial charge in [-0.3, -0.25) is 15.3 Å². The summed E-state index contributed by atoms with van der Waals surface area (Å²) in [6.07, 6.45) is -1.67. The summed E-state index contributed by atoms with van der Waals surface area (Å²) in [5.41, 5.74) is 2.29. The molecule has 0 radical (unpaired) electrons. The van der Waals surface area contributed by atoms with E-state index < -0.39 is 48.1 Å². The average molecular weight is 485 g/mol. The van der Waals surface area contributed by atoms with Gasteiger partial charge in [0.05, 0.1) is 5.56 Å². The molecular formula is C23H23N3O9. The maximum atomic E-state index is 12.6. The largest absolute Gasteiger partial charge is 0.459 e. The van der Waals surface area contributed by atoms with E-state index in [9.17, 15) is 19.2 Å². The van der Waals surface area contributed by atoms with Crippen LogP contribution in [0.25, 0.3) is 0 Å². The molecule has 0 saturated carbocycles. The lowest BCUT2D eigenvalue weighted by molar-refractivity contribution is -0.164. The van der Waals surface area contributed by atoms with E-state index in [0.29, 0.717) is 11.5 Å². The number of carbonyl (C=O) groups is 3. The second kappa shape index (κ2) is 10.1. The number of rotatable bonds is 6. The summed E-state index contributed by atoms with van der Waals surface area (Å²) in [5, 5.41) is 8.96. The monoisotopic (exact) mass is 485 g/mol. The van der Waals surface area contributed by atoms with Crippen LogP contribution in [0.15, 0.2) is 53.5 Å². The van der Waals surface area contributed by atoms with Crippen molar-refractivity contribution in [2.24, 2.45) is 0 Å². The number of hydrogen-bond donors (Lipinski definition) is 2. The quantitative estimate of drug-likeness (QED) is 0.346. The van der Waals surface area contributed by atoms with Gasteiger partial charge in [0.15, 0.2) is 24.3 Å². The Morgan fingerprint density at radius 2 is 1.74 bits per heavy atom. The van der Waals surface area contributed by atoms with Crippen LogP contribution in [0.4, 0.5) is 5.82 Å². The van der Waals surface area contributed by atoms with Gasteiger partial charge in [0.1, 0.15) is 12.7 Å². The first kappa shape index (κ1) is 24.1. The molecule has 35 heavy (non-hydrogen) atoms. The van der Waals surface area contributed by atoms with E-state index in [4.69, 9.17) is 24.2 Å². The molecule has 0 bridgehead atoms. The normalized spacial score (nSPS) is 24.6. The van der Waals surface area contributed by atoms with E-state index in [-0.39, 0.29) is 12.4 Å². The Bertz CT molecular complexity index is 1210. The predicted octanol–water partition coefficient (Wildman–Crippen LogP) is 1.32. The molecule has 0 spiro atoms. The van der Waals surface area contributed by atoms with Crippen LogP contribution in [0.5, 0.6) is 0 Å². The van der Waals surface area contributed by atoms with E-state index in [1.807, 2.05) is 26.0 Å². The molecular weight excluding hydrogens is 462 g/mol. The molecule has 4 atom stereocenters. The van der Waals surface area contributed by atoms with Gasteiger partial charge >= 0.3 is 23.6 Å². The summed E-state index contributed by atoms with van der Waals surface area (Å²) < 4.78 is 23.0. The van der Waals surface area contributed by atoms with Gasteiger partial charge < -0.3 is 18.9 Å². The second-order valence-corrected chi connectivity index (χ2v) is 8.19. The number of anilines is 1. The van der Waals surface area contributed by atoms with Crippen LogP contribution in [0, 0.1) is 0 Å². The molecule has 2 aromatic rings. The Morgan fingerprint density at radius 3 is 2.34 bits per heavy atom. The Labute approximate surface area is 199 Å². The molecule has 0 amide bonds. The number of benzene rings is 1. The van der Waals surface area contributed by atoms with E-state index in [1.54, 1.807) is 17.6 Å². The fraction of sp³-hybridized carbons (Fsp3) is 0.348. The van der Waals surface area contributed by atoms with Gasteiger partial charge in [-0.25, -0.2) is 19.2 Å². The molecule has 3 heterocycles. The maximum absolute atomic E-state index is 12.6. The highest BCUT2D eigenvalue weighted by atomic mass is 16.7. The van der Waals surface area contributed by atoms with Gasteiger partial charge in [0.2, 0.25) is 0 Å². The summed E-state index contributed by atoms with van der Waals surface area (Å²) in [6, 6.07) is 8.22. The van der Waals surface area contributed by atoms with Crippen molar-refractivity contribution in [3.63, 3.8) is 0 Å². The molecule has 2 aliphatic heterocycles. The Kier molecular flexibility index (Phi) is 6.94. The lowest BCUT2D eigenvalue weighted by Gasteiger charge is -2.25. The van der Waals surface area contributed by atoms with E-state index >= 15 is 0 Å². The molecule has 1 aromatic carbocycles. The van der Waals surface area contributed by atoms with Gasteiger partial charge in [-0.2, -0.15) is 4.98 Å². The Balaban J connectivity index is 1.57. The van der Waals surface area contributed by atoms with Gasteiger partial charge in [-0.1, -0.05) is 26.0 Å². The van der Waals surface area contributed by atoms with Crippen molar-refractivity contribution >= 4 is 23.7 Å². The first-order valence-electron chi connectivity index (χ1n) is 10.8. The molecule has 1 saturated heterocycles. The molecule has 4 rings (SSSR count).